The molecule has 1 aliphatic rings. The van der Waals surface area contributed by atoms with Crippen molar-refractivity contribution >= 4 is 23.2 Å². The number of amides is 2. The summed E-state index contributed by atoms with van der Waals surface area (Å²) in [6.45, 7) is 3.83. The predicted molar refractivity (Wildman–Crippen MR) is 101 cm³/mol. The van der Waals surface area contributed by atoms with E-state index in [4.69, 9.17) is 0 Å². The van der Waals surface area contributed by atoms with Crippen LogP contribution in [0.1, 0.15) is 32.2 Å². The van der Waals surface area contributed by atoms with E-state index in [2.05, 4.69) is 21.0 Å². The van der Waals surface area contributed by atoms with E-state index in [1.165, 1.54) is 0 Å². The lowest BCUT2D eigenvalue weighted by atomic mass is 10.0. The minimum atomic E-state index is -0.414. The van der Waals surface area contributed by atoms with Crippen molar-refractivity contribution in [3.05, 3.63) is 42.7 Å². The molecule has 3 rings (SSSR count). The van der Waals surface area contributed by atoms with E-state index in [0.29, 0.717) is 23.7 Å². The molecule has 0 saturated carbocycles. The Morgan fingerprint density at radius 1 is 1.31 bits per heavy atom. The van der Waals surface area contributed by atoms with Crippen LogP contribution in [0, 0.1) is 5.92 Å². The maximum absolute atomic E-state index is 12.3. The predicted octanol–water partition coefficient (Wildman–Crippen LogP) is 2.41. The lowest BCUT2D eigenvalue weighted by Gasteiger charge is -2.14. The molecule has 0 aliphatic carbocycles. The molecule has 1 aromatic carbocycles. The number of carbonyl (C=O) groups excluding carboxylic acids is 2. The van der Waals surface area contributed by atoms with Crippen molar-refractivity contribution < 1.29 is 9.59 Å². The molecule has 7 nitrogen and oxygen atoms in total. The van der Waals surface area contributed by atoms with E-state index in [1.54, 1.807) is 42.2 Å². The Kier molecular flexibility index (Phi) is 6.01. The van der Waals surface area contributed by atoms with Gasteiger partial charge in [0.2, 0.25) is 11.8 Å². The van der Waals surface area contributed by atoms with Crippen molar-refractivity contribution in [1.82, 2.24) is 15.1 Å². The first-order valence-electron chi connectivity index (χ1n) is 9.02. The van der Waals surface area contributed by atoms with Gasteiger partial charge < -0.3 is 16.0 Å². The highest BCUT2D eigenvalue weighted by Gasteiger charge is 2.17. The standard InChI is InChI=1S/C19H25N5O2/c1-14(24-11-3-9-21-24)19(26)23-17-5-2-4-16(12-17)22-18(25)7-6-15-8-10-20-13-15/h2-5,9,11-12,14-15,20H,6-8,10,13H2,1H3,(H,22,25)(H,23,26). The number of benzene rings is 1. The van der Waals surface area contributed by atoms with Gasteiger partial charge >= 0.3 is 0 Å². The Bertz CT molecular complexity index is 738. The number of carbonyl (C=O) groups is 2. The van der Waals surface area contributed by atoms with Crippen LogP contribution < -0.4 is 16.0 Å². The first-order chi connectivity index (χ1) is 12.6. The van der Waals surface area contributed by atoms with Crippen LogP contribution in [-0.2, 0) is 9.59 Å². The highest BCUT2D eigenvalue weighted by atomic mass is 16.2. The lowest BCUT2D eigenvalue weighted by Crippen LogP contribution is -2.24. The molecular formula is C19H25N5O2. The fourth-order valence-electron chi connectivity index (χ4n) is 3.07. The summed E-state index contributed by atoms with van der Waals surface area (Å²) in [7, 11) is 0. The fraction of sp³-hybridized carbons (Fsp3) is 0.421. The second kappa shape index (κ2) is 8.62. The molecule has 1 aliphatic heterocycles. The summed E-state index contributed by atoms with van der Waals surface area (Å²) >= 11 is 0. The molecule has 0 bridgehead atoms. The summed E-state index contributed by atoms with van der Waals surface area (Å²) < 4.78 is 1.60. The molecule has 2 aromatic rings. The van der Waals surface area contributed by atoms with Crippen LogP contribution in [0.4, 0.5) is 11.4 Å². The van der Waals surface area contributed by atoms with E-state index in [1.807, 2.05) is 12.1 Å². The number of hydrogen-bond donors (Lipinski definition) is 3. The third kappa shape index (κ3) is 4.92. The number of rotatable bonds is 7. The van der Waals surface area contributed by atoms with E-state index in [-0.39, 0.29) is 11.8 Å². The molecule has 2 unspecified atom stereocenters. The molecule has 7 heteroatoms. The van der Waals surface area contributed by atoms with Gasteiger partial charge in [0.25, 0.3) is 0 Å². The highest BCUT2D eigenvalue weighted by Crippen LogP contribution is 2.19. The minimum absolute atomic E-state index is 0.00489. The SMILES string of the molecule is CC(C(=O)Nc1cccc(NC(=O)CCC2CCNC2)c1)n1cccn1. The number of anilines is 2. The van der Waals surface area contributed by atoms with Gasteiger partial charge in [0, 0.05) is 30.2 Å². The molecule has 26 heavy (non-hydrogen) atoms. The first kappa shape index (κ1) is 18.1. The summed E-state index contributed by atoms with van der Waals surface area (Å²) in [5.41, 5.74) is 1.33. The Morgan fingerprint density at radius 3 is 2.81 bits per heavy atom. The number of nitrogens with zero attached hydrogens (tertiary/aromatic N) is 2. The third-order valence-corrected chi connectivity index (χ3v) is 4.66. The van der Waals surface area contributed by atoms with Crippen LogP contribution in [-0.4, -0.2) is 34.7 Å². The van der Waals surface area contributed by atoms with Crippen LogP contribution in [0.2, 0.25) is 0 Å². The van der Waals surface area contributed by atoms with Gasteiger partial charge in [-0.05, 0) is 63.0 Å². The summed E-state index contributed by atoms with van der Waals surface area (Å²) in [6, 6.07) is 8.56. The Labute approximate surface area is 153 Å². The quantitative estimate of drug-likeness (QED) is 0.712. The van der Waals surface area contributed by atoms with Gasteiger partial charge in [0.05, 0.1) is 0 Å². The van der Waals surface area contributed by atoms with Gasteiger partial charge in [-0.2, -0.15) is 5.10 Å². The van der Waals surface area contributed by atoms with Crippen molar-refractivity contribution in [2.45, 2.75) is 32.2 Å². The van der Waals surface area contributed by atoms with Crippen LogP contribution in [0.25, 0.3) is 0 Å². The fourth-order valence-corrected chi connectivity index (χ4v) is 3.07. The normalized spacial score (nSPS) is 17.7. The molecule has 138 valence electrons. The third-order valence-electron chi connectivity index (χ3n) is 4.66. The zero-order chi connectivity index (χ0) is 18.4. The number of nitrogens with one attached hydrogen (secondary N) is 3. The summed E-state index contributed by atoms with van der Waals surface area (Å²) in [4.78, 5) is 24.5. The smallest absolute Gasteiger partial charge is 0.248 e. The topological polar surface area (TPSA) is 88.0 Å². The Morgan fingerprint density at radius 2 is 2.12 bits per heavy atom. The average molecular weight is 355 g/mol. The van der Waals surface area contributed by atoms with Crippen LogP contribution in [0.5, 0.6) is 0 Å². The van der Waals surface area contributed by atoms with Gasteiger partial charge in [-0.15, -0.1) is 0 Å². The number of hydrogen-bond acceptors (Lipinski definition) is 4. The largest absolute Gasteiger partial charge is 0.326 e. The summed E-state index contributed by atoms with van der Waals surface area (Å²) in [5.74, 6) is 0.436. The zero-order valence-corrected chi connectivity index (χ0v) is 14.9. The van der Waals surface area contributed by atoms with Crippen LogP contribution in [0.15, 0.2) is 42.7 Å². The van der Waals surface area contributed by atoms with Crippen LogP contribution in [0.3, 0.4) is 0 Å². The molecule has 1 fully saturated rings. The lowest BCUT2D eigenvalue weighted by molar-refractivity contribution is -0.119. The van der Waals surface area contributed by atoms with Crippen molar-refractivity contribution in [1.29, 1.82) is 0 Å². The number of aromatic nitrogens is 2. The second-order valence-corrected chi connectivity index (χ2v) is 6.68. The van der Waals surface area contributed by atoms with Gasteiger partial charge in [0.1, 0.15) is 6.04 Å². The molecule has 2 heterocycles. The van der Waals surface area contributed by atoms with E-state index < -0.39 is 6.04 Å². The Balaban J connectivity index is 1.52. The molecule has 3 N–H and O–H groups in total. The van der Waals surface area contributed by atoms with Gasteiger partial charge in [0.15, 0.2) is 0 Å². The first-order valence-corrected chi connectivity index (χ1v) is 9.02. The van der Waals surface area contributed by atoms with E-state index in [0.717, 1.165) is 25.9 Å². The van der Waals surface area contributed by atoms with Crippen molar-refractivity contribution in [3.63, 3.8) is 0 Å². The maximum atomic E-state index is 12.3. The molecule has 0 spiro atoms. The second-order valence-electron chi connectivity index (χ2n) is 6.68. The van der Waals surface area contributed by atoms with Gasteiger partial charge in [-0.3, -0.25) is 14.3 Å². The monoisotopic (exact) mass is 355 g/mol. The minimum Gasteiger partial charge on any atom is -0.326 e. The molecule has 1 saturated heterocycles. The van der Waals surface area contributed by atoms with Crippen LogP contribution >= 0.6 is 0 Å². The average Bonchev–Trinajstić information content (AvgIpc) is 3.33. The molecule has 1 aromatic heterocycles. The van der Waals surface area contributed by atoms with Crippen molar-refractivity contribution in [3.8, 4) is 0 Å². The van der Waals surface area contributed by atoms with Crippen molar-refractivity contribution in [2.24, 2.45) is 5.92 Å². The zero-order valence-electron chi connectivity index (χ0n) is 14.9. The maximum Gasteiger partial charge on any atom is 0.248 e. The molecule has 2 atom stereocenters. The van der Waals surface area contributed by atoms with E-state index >= 15 is 0 Å². The summed E-state index contributed by atoms with van der Waals surface area (Å²) in [5, 5.41) is 13.2. The molecule has 2 amide bonds. The van der Waals surface area contributed by atoms with E-state index in [9.17, 15) is 9.59 Å². The van der Waals surface area contributed by atoms with Gasteiger partial charge in [-0.1, -0.05) is 6.07 Å². The van der Waals surface area contributed by atoms with Crippen molar-refractivity contribution in [2.75, 3.05) is 23.7 Å². The summed E-state index contributed by atoms with van der Waals surface area (Å²) in [6.07, 6.45) is 5.95. The Hall–Kier alpha value is -2.67. The molecule has 0 radical (unpaired) electrons. The van der Waals surface area contributed by atoms with Gasteiger partial charge in [-0.25, -0.2) is 0 Å². The highest BCUT2D eigenvalue weighted by molar-refractivity contribution is 5.95. The molecular weight excluding hydrogens is 330 g/mol.